The number of anilines is 1. The second kappa shape index (κ2) is 9.90. The molecule has 2 aromatic rings. The van der Waals surface area contributed by atoms with Gasteiger partial charge in [0.05, 0.1) is 11.6 Å². The van der Waals surface area contributed by atoms with Gasteiger partial charge in [-0.25, -0.2) is 4.98 Å². The van der Waals surface area contributed by atoms with Gasteiger partial charge in [-0.05, 0) is 56.5 Å². The van der Waals surface area contributed by atoms with Gasteiger partial charge < -0.3 is 5.32 Å². The highest BCUT2D eigenvalue weighted by atomic mass is 32.2. The molecule has 3 rings (SSSR count). The number of hydrogen-bond acceptors (Lipinski definition) is 4. The number of hydrogen-bond donors (Lipinski definition) is 1. The van der Waals surface area contributed by atoms with Crippen LogP contribution in [0.3, 0.4) is 0 Å². The molecule has 1 aromatic heterocycles. The Morgan fingerprint density at radius 3 is 2.74 bits per heavy atom. The fraction of sp³-hybridized carbons (Fsp3) is 0.455. The Bertz CT molecular complexity index is 729. The van der Waals surface area contributed by atoms with Crippen molar-refractivity contribution in [2.45, 2.75) is 62.4 Å². The summed E-state index contributed by atoms with van der Waals surface area (Å²) in [6, 6.07) is 15.0. The molecular formula is C22H29N3OS. The lowest BCUT2D eigenvalue weighted by atomic mass is 10.1. The Morgan fingerprint density at radius 2 is 2.04 bits per heavy atom. The molecule has 1 aromatic carbocycles. The molecule has 1 saturated carbocycles. The lowest BCUT2D eigenvalue weighted by Crippen LogP contribution is -2.43. The largest absolute Gasteiger partial charge is 0.325 e. The van der Waals surface area contributed by atoms with Gasteiger partial charge in [0, 0.05) is 29.7 Å². The molecule has 27 heavy (non-hydrogen) atoms. The molecule has 144 valence electrons. The molecule has 0 bridgehead atoms. The molecule has 5 heteroatoms. The van der Waals surface area contributed by atoms with Gasteiger partial charge in [-0.15, -0.1) is 11.8 Å². The zero-order valence-electron chi connectivity index (χ0n) is 16.2. The summed E-state index contributed by atoms with van der Waals surface area (Å²) >= 11 is 1.70. The molecule has 0 atom stereocenters. The molecule has 1 heterocycles. The summed E-state index contributed by atoms with van der Waals surface area (Å²) in [7, 11) is 0. The predicted octanol–water partition coefficient (Wildman–Crippen LogP) is 4.97. The third-order valence-corrected chi connectivity index (χ3v) is 6.03. The molecule has 1 aliphatic rings. The number of rotatable bonds is 8. The third-order valence-electron chi connectivity index (χ3n) is 5.02. The van der Waals surface area contributed by atoms with Crippen LogP contribution in [0.5, 0.6) is 0 Å². The first-order chi connectivity index (χ1) is 13.1. The molecule has 0 aliphatic heterocycles. The van der Waals surface area contributed by atoms with Crippen LogP contribution in [-0.4, -0.2) is 34.4 Å². The molecule has 0 spiro atoms. The molecular weight excluding hydrogens is 354 g/mol. The number of carbonyl (C=O) groups excluding carboxylic acids is 1. The number of pyridine rings is 1. The predicted molar refractivity (Wildman–Crippen MR) is 113 cm³/mol. The van der Waals surface area contributed by atoms with Crippen molar-refractivity contribution in [3.63, 3.8) is 0 Å². The van der Waals surface area contributed by atoms with Crippen LogP contribution in [0.2, 0.25) is 0 Å². The van der Waals surface area contributed by atoms with Crippen LogP contribution in [0, 0.1) is 0 Å². The van der Waals surface area contributed by atoms with E-state index in [1.54, 1.807) is 11.8 Å². The summed E-state index contributed by atoms with van der Waals surface area (Å²) in [4.78, 5) is 19.3. The van der Waals surface area contributed by atoms with E-state index in [9.17, 15) is 4.79 Å². The Labute approximate surface area is 166 Å². The summed E-state index contributed by atoms with van der Waals surface area (Å²) in [5.74, 6) is 0.908. The van der Waals surface area contributed by atoms with Crippen LogP contribution in [0.15, 0.2) is 53.7 Å². The highest BCUT2D eigenvalue weighted by Gasteiger charge is 2.26. The monoisotopic (exact) mass is 383 g/mol. The van der Waals surface area contributed by atoms with Gasteiger partial charge in [0.25, 0.3) is 0 Å². The van der Waals surface area contributed by atoms with Crippen molar-refractivity contribution in [1.82, 2.24) is 9.88 Å². The van der Waals surface area contributed by atoms with Gasteiger partial charge in [-0.3, -0.25) is 9.69 Å². The topological polar surface area (TPSA) is 45.2 Å². The van der Waals surface area contributed by atoms with Crippen molar-refractivity contribution < 1.29 is 4.79 Å². The number of nitrogens with zero attached hydrogens (tertiary/aromatic N) is 2. The van der Waals surface area contributed by atoms with Gasteiger partial charge in [0.1, 0.15) is 0 Å². The Balaban J connectivity index is 1.55. The third kappa shape index (κ3) is 6.08. The van der Waals surface area contributed by atoms with Crippen molar-refractivity contribution in [2.24, 2.45) is 0 Å². The maximum absolute atomic E-state index is 12.6. The van der Waals surface area contributed by atoms with E-state index in [0.29, 0.717) is 18.6 Å². The van der Waals surface area contributed by atoms with Gasteiger partial charge >= 0.3 is 0 Å². The van der Waals surface area contributed by atoms with Crippen molar-refractivity contribution in [3.8, 4) is 0 Å². The highest BCUT2D eigenvalue weighted by molar-refractivity contribution is 7.98. The maximum atomic E-state index is 12.6. The quantitative estimate of drug-likeness (QED) is 0.654. The average Bonchev–Trinajstić information content (AvgIpc) is 3.20. The van der Waals surface area contributed by atoms with Crippen molar-refractivity contribution in [1.29, 1.82) is 0 Å². The molecule has 1 amide bonds. The fourth-order valence-electron chi connectivity index (χ4n) is 3.66. The molecule has 1 N–H and O–H groups in total. The summed E-state index contributed by atoms with van der Waals surface area (Å²) in [5.41, 5.74) is 2.05. The van der Waals surface area contributed by atoms with Crippen LogP contribution < -0.4 is 5.32 Å². The minimum absolute atomic E-state index is 0.0742. The van der Waals surface area contributed by atoms with E-state index in [0.717, 1.165) is 16.5 Å². The Hall–Kier alpha value is -1.85. The molecule has 0 saturated heterocycles. The average molecular weight is 384 g/mol. The summed E-state index contributed by atoms with van der Waals surface area (Å²) in [5, 5.41) is 4.09. The second-order valence-corrected chi connectivity index (χ2v) is 8.41. The molecule has 0 unspecified atom stereocenters. The number of carbonyl (C=O) groups is 1. The van der Waals surface area contributed by atoms with E-state index >= 15 is 0 Å². The van der Waals surface area contributed by atoms with E-state index in [1.165, 1.54) is 31.2 Å². The minimum atomic E-state index is 0.0742. The molecule has 0 radical (unpaired) electrons. The zero-order chi connectivity index (χ0) is 19.1. The number of nitrogens with one attached hydrogen (secondary N) is 1. The van der Waals surface area contributed by atoms with E-state index < -0.39 is 0 Å². The first-order valence-corrected chi connectivity index (χ1v) is 10.8. The van der Waals surface area contributed by atoms with Crippen molar-refractivity contribution >= 4 is 23.4 Å². The van der Waals surface area contributed by atoms with E-state index in [4.69, 9.17) is 0 Å². The number of aromatic nitrogens is 1. The Kier molecular flexibility index (Phi) is 7.30. The SMILES string of the molecule is CC(C)N(CC(=O)Nc1cccc(CSc2ccccn2)c1)C1CCCC1. The maximum Gasteiger partial charge on any atom is 0.238 e. The lowest BCUT2D eigenvalue weighted by molar-refractivity contribution is -0.118. The minimum Gasteiger partial charge on any atom is -0.325 e. The van der Waals surface area contributed by atoms with E-state index in [1.807, 2.05) is 36.5 Å². The number of thioether (sulfide) groups is 1. The normalized spacial score (nSPS) is 14.8. The fourth-order valence-corrected chi connectivity index (χ4v) is 4.47. The first-order valence-electron chi connectivity index (χ1n) is 9.80. The van der Waals surface area contributed by atoms with E-state index in [2.05, 4.69) is 41.2 Å². The zero-order valence-corrected chi connectivity index (χ0v) is 17.0. The summed E-state index contributed by atoms with van der Waals surface area (Å²) in [6.45, 7) is 4.83. The smallest absolute Gasteiger partial charge is 0.238 e. The van der Waals surface area contributed by atoms with Crippen LogP contribution >= 0.6 is 11.8 Å². The number of benzene rings is 1. The van der Waals surface area contributed by atoms with Crippen LogP contribution in [0.4, 0.5) is 5.69 Å². The van der Waals surface area contributed by atoms with Gasteiger partial charge in [-0.1, -0.05) is 31.0 Å². The van der Waals surface area contributed by atoms with Gasteiger partial charge in [0.2, 0.25) is 5.91 Å². The van der Waals surface area contributed by atoms with Gasteiger partial charge in [0.15, 0.2) is 0 Å². The lowest BCUT2D eigenvalue weighted by Gasteiger charge is -2.31. The number of amides is 1. The summed E-state index contributed by atoms with van der Waals surface area (Å²) < 4.78 is 0. The van der Waals surface area contributed by atoms with Crippen LogP contribution in [0.25, 0.3) is 0 Å². The van der Waals surface area contributed by atoms with Crippen molar-refractivity contribution in [3.05, 3.63) is 54.2 Å². The Morgan fingerprint density at radius 1 is 1.22 bits per heavy atom. The summed E-state index contributed by atoms with van der Waals surface area (Å²) in [6.07, 6.45) is 6.80. The second-order valence-electron chi connectivity index (χ2n) is 7.41. The van der Waals surface area contributed by atoms with E-state index in [-0.39, 0.29) is 5.91 Å². The van der Waals surface area contributed by atoms with Crippen LogP contribution in [-0.2, 0) is 10.5 Å². The molecule has 1 aliphatic carbocycles. The molecule has 4 nitrogen and oxygen atoms in total. The molecule has 1 fully saturated rings. The van der Waals surface area contributed by atoms with Crippen molar-refractivity contribution in [2.75, 3.05) is 11.9 Å². The van der Waals surface area contributed by atoms with Gasteiger partial charge in [-0.2, -0.15) is 0 Å². The first kappa shape index (κ1) is 19.9. The standard InChI is InChI=1S/C22H29N3OS/c1-17(2)25(20-10-3-4-11-20)15-21(26)24-19-9-7-8-18(14-19)16-27-22-12-5-6-13-23-22/h5-9,12-14,17,20H,3-4,10-11,15-16H2,1-2H3,(H,24,26). The highest BCUT2D eigenvalue weighted by Crippen LogP contribution is 2.25. The van der Waals surface area contributed by atoms with Crippen LogP contribution in [0.1, 0.15) is 45.1 Å².